The van der Waals surface area contributed by atoms with Crippen LogP contribution in [0.2, 0.25) is 0 Å². The molecule has 0 radical (unpaired) electrons. The van der Waals surface area contributed by atoms with Crippen LogP contribution >= 0.6 is 0 Å². The first-order valence-corrected chi connectivity index (χ1v) is 4.74. The van der Waals surface area contributed by atoms with Crippen LogP contribution < -0.4 is 0 Å². The Bertz CT molecular complexity index is 249. The zero-order valence-corrected chi connectivity index (χ0v) is 7.95. The van der Waals surface area contributed by atoms with E-state index in [1.807, 2.05) is 0 Å². The second kappa shape index (κ2) is 4.75. The Morgan fingerprint density at radius 3 is 2.15 bits per heavy atom. The number of rotatable bonds is 4. The molecule has 0 aliphatic carbocycles. The van der Waals surface area contributed by atoms with Crippen molar-refractivity contribution in [2.45, 2.75) is 32.6 Å². The Morgan fingerprint density at radius 2 is 1.62 bits per heavy atom. The highest BCUT2D eigenvalue weighted by molar-refractivity contribution is 5.36. The summed E-state index contributed by atoms with van der Waals surface area (Å²) in [5, 5.41) is 18.4. The van der Waals surface area contributed by atoms with Crippen LogP contribution in [0.5, 0.6) is 11.5 Å². The minimum absolute atomic E-state index is 0.145. The molecular formula is C11H16O2. The summed E-state index contributed by atoms with van der Waals surface area (Å²) < 4.78 is 0. The molecule has 0 unspecified atom stereocenters. The van der Waals surface area contributed by atoms with Gasteiger partial charge in [-0.3, -0.25) is 0 Å². The molecule has 0 saturated heterocycles. The monoisotopic (exact) mass is 181 g/mol. The fraction of sp³-hybridized carbons (Fsp3) is 0.455. The van der Waals surface area contributed by atoms with Crippen molar-refractivity contribution in [3.63, 3.8) is 0 Å². The lowest BCUT2D eigenvalue weighted by Gasteiger charge is -2.02. The van der Waals surface area contributed by atoms with Gasteiger partial charge in [-0.05, 0) is 30.5 Å². The highest BCUT2D eigenvalue weighted by Gasteiger charge is 1.98. The van der Waals surface area contributed by atoms with Crippen molar-refractivity contribution in [2.24, 2.45) is 0 Å². The van der Waals surface area contributed by atoms with Crippen molar-refractivity contribution in [2.75, 3.05) is 0 Å². The number of hydrogen-bond donors (Lipinski definition) is 2. The summed E-state index contributed by atoms with van der Waals surface area (Å²) in [4.78, 5) is 0. The number of hydrogen-bond acceptors (Lipinski definition) is 2. The SMILES string of the molecule is CCCCCc1cc(O)c[13c](O)c1. The van der Waals surface area contributed by atoms with Gasteiger partial charge in [0.15, 0.2) is 0 Å². The van der Waals surface area contributed by atoms with E-state index in [0.717, 1.165) is 18.4 Å². The molecule has 0 saturated carbocycles. The number of phenolic OH excluding ortho intramolecular Hbond substituents is 2. The van der Waals surface area contributed by atoms with Crippen molar-refractivity contribution in [3.8, 4) is 11.5 Å². The van der Waals surface area contributed by atoms with E-state index in [9.17, 15) is 10.2 Å². The van der Waals surface area contributed by atoms with Gasteiger partial charge in [-0.25, -0.2) is 0 Å². The van der Waals surface area contributed by atoms with Gasteiger partial charge < -0.3 is 10.2 Å². The van der Waals surface area contributed by atoms with Gasteiger partial charge in [0.05, 0.1) is 0 Å². The van der Waals surface area contributed by atoms with E-state index in [2.05, 4.69) is 6.92 Å². The van der Waals surface area contributed by atoms with Gasteiger partial charge in [-0.15, -0.1) is 0 Å². The van der Waals surface area contributed by atoms with Crippen LogP contribution in [0.3, 0.4) is 0 Å². The first-order chi connectivity index (χ1) is 6.22. The molecular weight excluding hydrogens is 165 g/mol. The van der Waals surface area contributed by atoms with Gasteiger partial charge in [0, 0.05) is 6.07 Å². The molecule has 0 aliphatic rings. The third kappa shape index (κ3) is 3.36. The van der Waals surface area contributed by atoms with E-state index in [0.29, 0.717) is 0 Å². The normalized spacial score (nSPS) is 10.2. The summed E-state index contributed by atoms with van der Waals surface area (Å²) in [5.74, 6) is 0.290. The van der Waals surface area contributed by atoms with Gasteiger partial charge in [-0.2, -0.15) is 0 Å². The van der Waals surface area contributed by atoms with Gasteiger partial charge in [0.2, 0.25) is 0 Å². The molecule has 0 bridgehead atoms. The van der Waals surface area contributed by atoms with E-state index >= 15 is 0 Å². The average molecular weight is 181 g/mol. The molecule has 0 heterocycles. The summed E-state index contributed by atoms with van der Waals surface area (Å²) in [5.41, 5.74) is 1.01. The van der Waals surface area contributed by atoms with Crippen LogP contribution in [-0.2, 0) is 6.42 Å². The molecule has 0 spiro atoms. The largest absolute Gasteiger partial charge is 0.508 e. The third-order valence-electron chi connectivity index (χ3n) is 2.03. The molecule has 72 valence electrons. The molecule has 1 aromatic rings. The fourth-order valence-electron chi connectivity index (χ4n) is 1.38. The smallest absolute Gasteiger partial charge is 0.119 e. The summed E-state index contributed by atoms with van der Waals surface area (Å²) in [7, 11) is 0. The Morgan fingerprint density at radius 1 is 1.00 bits per heavy atom. The van der Waals surface area contributed by atoms with Crippen LogP contribution in [-0.4, -0.2) is 10.2 Å². The predicted octanol–water partition coefficient (Wildman–Crippen LogP) is 2.83. The quantitative estimate of drug-likeness (QED) is 0.701. The summed E-state index contributed by atoms with van der Waals surface area (Å²) in [6, 6.07) is 4.76. The second-order valence-electron chi connectivity index (χ2n) is 3.31. The number of unbranched alkanes of at least 4 members (excludes halogenated alkanes) is 2. The molecule has 2 heteroatoms. The van der Waals surface area contributed by atoms with E-state index < -0.39 is 0 Å². The lowest BCUT2D eigenvalue weighted by Crippen LogP contribution is -1.84. The summed E-state index contributed by atoms with van der Waals surface area (Å²) >= 11 is 0. The lowest BCUT2D eigenvalue weighted by atomic mass is 10.1. The van der Waals surface area contributed by atoms with Gasteiger partial charge in [-0.1, -0.05) is 19.8 Å². The molecule has 0 amide bonds. The van der Waals surface area contributed by atoms with Gasteiger partial charge >= 0.3 is 0 Å². The Kier molecular flexibility index (Phi) is 3.62. The highest BCUT2D eigenvalue weighted by atomic mass is 16.3. The maximum atomic E-state index is 9.19. The molecule has 13 heavy (non-hydrogen) atoms. The second-order valence-corrected chi connectivity index (χ2v) is 3.31. The van der Waals surface area contributed by atoms with Crippen molar-refractivity contribution in [1.82, 2.24) is 0 Å². The van der Waals surface area contributed by atoms with E-state index in [4.69, 9.17) is 0 Å². The Hall–Kier alpha value is -1.18. The highest BCUT2D eigenvalue weighted by Crippen LogP contribution is 2.21. The molecule has 2 N–H and O–H groups in total. The lowest BCUT2D eigenvalue weighted by molar-refractivity contribution is 0.449. The predicted molar refractivity (Wildman–Crippen MR) is 53.0 cm³/mol. The minimum Gasteiger partial charge on any atom is -0.508 e. The van der Waals surface area contributed by atoms with Crippen molar-refractivity contribution < 1.29 is 10.2 Å². The number of phenols is 2. The van der Waals surface area contributed by atoms with Crippen LogP contribution in [0, 0.1) is 0 Å². The van der Waals surface area contributed by atoms with Crippen LogP contribution in [0.4, 0.5) is 0 Å². The standard InChI is InChI=1S/C11H16O2/c1-2-3-4-5-9-6-10(12)8-11(13)7-9/h6-8,12-13H,2-5H2,1H3/i10+1. The van der Waals surface area contributed by atoms with Crippen molar-refractivity contribution >= 4 is 0 Å². The number of aromatic hydroxyl groups is 2. The maximum Gasteiger partial charge on any atom is 0.119 e. The molecule has 1 rings (SSSR count). The summed E-state index contributed by atoms with van der Waals surface area (Å²) in [6.45, 7) is 2.15. The van der Waals surface area contributed by atoms with Gasteiger partial charge in [0.25, 0.3) is 0 Å². The first kappa shape index (κ1) is 9.90. The maximum absolute atomic E-state index is 9.19. The molecule has 0 fully saturated rings. The molecule has 0 atom stereocenters. The molecule has 1 aromatic carbocycles. The molecule has 2 nitrogen and oxygen atoms in total. The molecule has 0 aliphatic heterocycles. The van der Waals surface area contributed by atoms with E-state index in [1.165, 1.54) is 18.9 Å². The first-order valence-electron chi connectivity index (χ1n) is 4.74. The summed E-state index contributed by atoms with van der Waals surface area (Å²) in [6.07, 6.45) is 4.41. The Labute approximate surface area is 78.8 Å². The topological polar surface area (TPSA) is 40.5 Å². The van der Waals surface area contributed by atoms with Crippen molar-refractivity contribution in [1.29, 1.82) is 0 Å². The zero-order chi connectivity index (χ0) is 9.68. The zero-order valence-electron chi connectivity index (χ0n) is 7.95. The molecule has 0 aromatic heterocycles. The number of aryl methyl sites for hydroxylation is 1. The van der Waals surface area contributed by atoms with Crippen molar-refractivity contribution in [3.05, 3.63) is 23.8 Å². The number of benzene rings is 1. The minimum atomic E-state index is 0.145. The fourth-order valence-corrected chi connectivity index (χ4v) is 1.38. The van der Waals surface area contributed by atoms with E-state index in [-0.39, 0.29) is 11.5 Å². The van der Waals surface area contributed by atoms with Crippen LogP contribution in [0.1, 0.15) is 31.7 Å². The van der Waals surface area contributed by atoms with Crippen LogP contribution in [0.15, 0.2) is 18.2 Å². The van der Waals surface area contributed by atoms with E-state index in [1.54, 1.807) is 12.1 Å². The Balaban J connectivity index is 2.56. The van der Waals surface area contributed by atoms with Gasteiger partial charge in [0.1, 0.15) is 11.5 Å². The van der Waals surface area contributed by atoms with Crippen LogP contribution in [0.25, 0.3) is 0 Å². The third-order valence-corrected chi connectivity index (χ3v) is 2.03. The average Bonchev–Trinajstić information content (AvgIpc) is 2.03.